The topological polar surface area (TPSA) is 25.8 Å². The van der Waals surface area contributed by atoms with Gasteiger partial charge in [-0.05, 0) is 23.3 Å². The van der Waals surface area contributed by atoms with E-state index < -0.39 is 0 Å². The summed E-state index contributed by atoms with van der Waals surface area (Å²) in [4.78, 5) is 8.37. The molecule has 0 saturated heterocycles. The molecule has 0 saturated carbocycles. The van der Waals surface area contributed by atoms with Gasteiger partial charge in [0.2, 0.25) is 0 Å². The van der Waals surface area contributed by atoms with Gasteiger partial charge < -0.3 is 0 Å². The fourth-order valence-electron chi connectivity index (χ4n) is 2.12. The van der Waals surface area contributed by atoms with Crippen LogP contribution in [-0.4, -0.2) is 9.97 Å². The van der Waals surface area contributed by atoms with Gasteiger partial charge in [0.15, 0.2) is 0 Å². The van der Waals surface area contributed by atoms with Crippen LogP contribution in [-0.2, 0) is 0 Å². The van der Waals surface area contributed by atoms with Crippen LogP contribution < -0.4 is 0 Å². The molecule has 2 nitrogen and oxygen atoms in total. The second-order valence-electron chi connectivity index (χ2n) is 4.05. The Balaban J connectivity index is 2.35. The van der Waals surface area contributed by atoms with Crippen LogP contribution in [0.3, 0.4) is 0 Å². The molecule has 0 aliphatic carbocycles. The molecule has 3 aromatic rings. The highest BCUT2D eigenvalue weighted by molar-refractivity contribution is 5.96. The molecule has 82 valence electrons. The first-order valence-electron chi connectivity index (χ1n) is 5.61. The van der Waals surface area contributed by atoms with Gasteiger partial charge in [0.05, 0.1) is 0 Å². The molecule has 0 N–H and O–H groups in total. The van der Waals surface area contributed by atoms with Gasteiger partial charge in [-0.15, -0.1) is 0 Å². The lowest BCUT2D eigenvalue weighted by Crippen LogP contribution is -1.89. The Hall–Kier alpha value is -2.22. The summed E-state index contributed by atoms with van der Waals surface area (Å²) in [7, 11) is 0. The van der Waals surface area contributed by atoms with Crippen molar-refractivity contribution in [3.05, 3.63) is 60.7 Å². The highest BCUT2D eigenvalue weighted by Gasteiger charge is 2.06. The molecule has 0 aliphatic heterocycles. The molecular weight excluding hydrogens is 208 g/mol. The van der Waals surface area contributed by atoms with E-state index in [4.69, 9.17) is 0 Å². The van der Waals surface area contributed by atoms with E-state index in [-0.39, 0.29) is 0 Å². The van der Waals surface area contributed by atoms with Crippen molar-refractivity contribution in [3.8, 4) is 11.1 Å². The molecule has 0 spiro atoms. The largest absolute Gasteiger partial charge is 0.244 e. The van der Waals surface area contributed by atoms with Crippen molar-refractivity contribution >= 4 is 10.8 Å². The minimum absolute atomic E-state index is 1.01. The smallest absolute Gasteiger partial charge is 0.115 e. The second-order valence-corrected chi connectivity index (χ2v) is 4.05. The molecule has 1 heterocycles. The number of hydrogen-bond acceptors (Lipinski definition) is 2. The molecule has 0 fully saturated rings. The molecule has 1 aromatic heterocycles. The fraction of sp³-hybridized carbons (Fsp3) is 0.0667. The maximum Gasteiger partial charge on any atom is 0.115 e. The zero-order valence-electron chi connectivity index (χ0n) is 9.59. The van der Waals surface area contributed by atoms with Crippen LogP contribution in [0, 0.1) is 6.92 Å². The van der Waals surface area contributed by atoms with Crippen LogP contribution in [0.1, 0.15) is 5.69 Å². The van der Waals surface area contributed by atoms with E-state index >= 15 is 0 Å². The molecule has 0 bridgehead atoms. The predicted octanol–water partition coefficient (Wildman–Crippen LogP) is 3.61. The quantitative estimate of drug-likeness (QED) is 0.626. The minimum atomic E-state index is 1.01. The standard InChI is InChI=1S/C15H12N2/c1-11-15(9-16-10-17-11)14-8-4-6-12-5-2-3-7-13(12)14/h2-10H,1H3. The van der Waals surface area contributed by atoms with Crippen molar-refractivity contribution in [2.45, 2.75) is 6.92 Å². The van der Waals surface area contributed by atoms with E-state index in [0.29, 0.717) is 0 Å². The third-order valence-electron chi connectivity index (χ3n) is 2.99. The first-order chi connectivity index (χ1) is 8.36. The van der Waals surface area contributed by atoms with E-state index in [0.717, 1.165) is 11.3 Å². The lowest BCUT2D eigenvalue weighted by molar-refractivity contribution is 1.11. The maximum absolute atomic E-state index is 4.25. The Kier molecular flexibility index (Phi) is 2.33. The minimum Gasteiger partial charge on any atom is -0.244 e. The van der Waals surface area contributed by atoms with E-state index in [1.165, 1.54) is 16.3 Å². The number of aryl methyl sites for hydroxylation is 1. The Morgan fingerprint density at radius 1 is 0.882 bits per heavy atom. The summed E-state index contributed by atoms with van der Waals surface area (Å²) < 4.78 is 0. The van der Waals surface area contributed by atoms with Crippen LogP contribution in [0.4, 0.5) is 0 Å². The summed E-state index contributed by atoms with van der Waals surface area (Å²) in [5, 5.41) is 2.49. The Morgan fingerprint density at radius 3 is 2.59 bits per heavy atom. The van der Waals surface area contributed by atoms with Gasteiger partial charge in [0.1, 0.15) is 6.33 Å². The van der Waals surface area contributed by atoms with Gasteiger partial charge in [0.25, 0.3) is 0 Å². The van der Waals surface area contributed by atoms with Crippen LogP contribution in [0.2, 0.25) is 0 Å². The zero-order chi connectivity index (χ0) is 11.7. The lowest BCUT2D eigenvalue weighted by Gasteiger charge is -2.08. The van der Waals surface area contributed by atoms with Crippen LogP contribution in [0.25, 0.3) is 21.9 Å². The van der Waals surface area contributed by atoms with Crippen molar-refractivity contribution in [1.82, 2.24) is 9.97 Å². The molecule has 17 heavy (non-hydrogen) atoms. The normalized spacial score (nSPS) is 10.6. The molecule has 0 amide bonds. The van der Waals surface area contributed by atoms with E-state index in [9.17, 15) is 0 Å². The second kappa shape index (κ2) is 3.98. The first-order valence-corrected chi connectivity index (χ1v) is 5.61. The first kappa shape index (κ1) is 9.97. The van der Waals surface area contributed by atoms with Crippen LogP contribution in [0.15, 0.2) is 55.0 Å². The number of fused-ring (bicyclic) bond motifs is 1. The van der Waals surface area contributed by atoms with Gasteiger partial charge in [-0.2, -0.15) is 0 Å². The molecular formula is C15H12N2. The van der Waals surface area contributed by atoms with E-state index in [2.05, 4.69) is 52.4 Å². The van der Waals surface area contributed by atoms with Gasteiger partial charge >= 0.3 is 0 Å². The highest BCUT2D eigenvalue weighted by atomic mass is 14.8. The third kappa shape index (κ3) is 1.68. The fourth-order valence-corrected chi connectivity index (χ4v) is 2.12. The van der Waals surface area contributed by atoms with E-state index in [1.54, 1.807) is 6.33 Å². The zero-order valence-corrected chi connectivity index (χ0v) is 9.59. The van der Waals surface area contributed by atoms with Gasteiger partial charge in [-0.1, -0.05) is 42.5 Å². The summed E-state index contributed by atoms with van der Waals surface area (Å²) in [6, 6.07) is 14.7. The molecule has 2 aromatic carbocycles. The van der Waals surface area contributed by atoms with Crippen molar-refractivity contribution in [1.29, 1.82) is 0 Å². The molecule has 3 rings (SSSR count). The van der Waals surface area contributed by atoms with Crippen LogP contribution in [0.5, 0.6) is 0 Å². The van der Waals surface area contributed by atoms with Crippen molar-refractivity contribution in [2.75, 3.05) is 0 Å². The number of benzene rings is 2. The van der Waals surface area contributed by atoms with Crippen LogP contribution >= 0.6 is 0 Å². The molecule has 0 atom stereocenters. The van der Waals surface area contributed by atoms with Crippen molar-refractivity contribution in [2.24, 2.45) is 0 Å². The molecule has 2 heteroatoms. The maximum atomic E-state index is 4.25. The van der Waals surface area contributed by atoms with Crippen molar-refractivity contribution in [3.63, 3.8) is 0 Å². The van der Waals surface area contributed by atoms with Crippen molar-refractivity contribution < 1.29 is 0 Å². The summed E-state index contributed by atoms with van der Waals surface area (Å²) >= 11 is 0. The monoisotopic (exact) mass is 220 g/mol. The SMILES string of the molecule is Cc1ncncc1-c1cccc2ccccc12. The summed E-state index contributed by atoms with van der Waals surface area (Å²) in [5.74, 6) is 0. The highest BCUT2D eigenvalue weighted by Crippen LogP contribution is 2.29. The Labute approximate surface area is 100.0 Å². The number of aromatic nitrogens is 2. The molecule has 0 unspecified atom stereocenters. The number of rotatable bonds is 1. The van der Waals surface area contributed by atoms with Gasteiger partial charge in [-0.25, -0.2) is 9.97 Å². The summed E-state index contributed by atoms with van der Waals surface area (Å²) in [5.41, 5.74) is 3.31. The molecule has 0 radical (unpaired) electrons. The number of nitrogens with zero attached hydrogens (tertiary/aromatic N) is 2. The van der Waals surface area contributed by atoms with Gasteiger partial charge in [0, 0.05) is 17.5 Å². The predicted molar refractivity (Wildman–Crippen MR) is 69.7 cm³/mol. The lowest BCUT2D eigenvalue weighted by atomic mass is 9.99. The summed E-state index contributed by atoms with van der Waals surface area (Å²) in [6.45, 7) is 2.01. The summed E-state index contributed by atoms with van der Waals surface area (Å²) in [6.07, 6.45) is 3.47. The average molecular weight is 220 g/mol. The Morgan fingerprint density at radius 2 is 1.71 bits per heavy atom. The van der Waals surface area contributed by atoms with Gasteiger partial charge in [-0.3, -0.25) is 0 Å². The average Bonchev–Trinajstić information content (AvgIpc) is 2.39. The van der Waals surface area contributed by atoms with E-state index in [1.807, 2.05) is 13.1 Å². The Bertz CT molecular complexity index is 669. The third-order valence-corrected chi connectivity index (χ3v) is 2.99. The molecule has 0 aliphatic rings. The number of hydrogen-bond donors (Lipinski definition) is 0.